The van der Waals surface area contributed by atoms with E-state index >= 15 is 0 Å². The normalized spacial score (nSPS) is 17.5. The minimum absolute atomic E-state index is 0.0303. The molecule has 0 radical (unpaired) electrons. The standard InChI is InChI=1S/C21H24Cl2N2O4S/c1-29-18-7-4-15(5-8-18)10-11-24-21(26)16-3-2-12-25(14-16)30(27,28)20-13-17(22)6-9-19(20)23/h4-9,13,16H,2-3,10-12,14H2,1H3,(H,24,26)/t16-/m0/s1. The first kappa shape index (κ1) is 22.9. The van der Waals surface area contributed by atoms with Crippen molar-refractivity contribution in [2.45, 2.75) is 24.2 Å². The summed E-state index contributed by atoms with van der Waals surface area (Å²) in [6.45, 7) is 0.953. The Morgan fingerprint density at radius 1 is 1.20 bits per heavy atom. The van der Waals surface area contributed by atoms with Crippen LogP contribution >= 0.6 is 23.2 Å². The molecule has 1 fully saturated rings. The van der Waals surface area contributed by atoms with Crippen LogP contribution in [0.4, 0.5) is 0 Å². The third-order valence-electron chi connectivity index (χ3n) is 5.14. The van der Waals surface area contributed by atoms with Gasteiger partial charge in [0, 0.05) is 24.7 Å². The summed E-state index contributed by atoms with van der Waals surface area (Å²) in [4.78, 5) is 12.6. The maximum absolute atomic E-state index is 13.0. The Morgan fingerprint density at radius 3 is 2.63 bits per heavy atom. The maximum Gasteiger partial charge on any atom is 0.244 e. The largest absolute Gasteiger partial charge is 0.497 e. The molecule has 0 unspecified atom stereocenters. The van der Waals surface area contributed by atoms with Gasteiger partial charge in [-0.05, 0) is 55.2 Å². The fourth-order valence-electron chi connectivity index (χ4n) is 3.46. The average Bonchev–Trinajstić information content (AvgIpc) is 2.76. The highest BCUT2D eigenvalue weighted by Crippen LogP contribution is 2.30. The second-order valence-corrected chi connectivity index (χ2v) is 9.92. The van der Waals surface area contributed by atoms with Crippen LogP contribution in [0.25, 0.3) is 0 Å². The number of amides is 1. The van der Waals surface area contributed by atoms with Crippen molar-refractivity contribution in [3.05, 3.63) is 58.1 Å². The third kappa shape index (κ3) is 5.46. The lowest BCUT2D eigenvalue weighted by atomic mass is 9.99. The summed E-state index contributed by atoms with van der Waals surface area (Å²) in [6.07, 6.45) is 1.93. The topological polar surface area (TPSA) is 75.7 Å². The zero-order chi connectivity index (χ0) is 21.7. The van der Waals surface area contributed by atoms with Crippen molar-refractivity contribution in [3.63, 3.8) is 0 Å². The Hall–Kier alpha value is -1.80. The van der Waals surface area contributed by atoms with Crippen LogP contribution in [0.5, 0.6) is 5.75 Å². The predicted molar refractivity (Wildman–Crippen MR) is 118 cm³/mol. The summed E-state index contributed by atoms with van der Waals surface area (Å²) in [5.41, 5.74) is 1.08. The molecule has 1 atom stereocenters. The van der Waals surface area contributed by atoms with Gasteiger partial charge >= 0.3 is 0 Å². The zero-order valence-electron chi connectivity index (χ0n) is 16.6. The number of benzene rings is 2. The molecule has 1 aliphatic rings. The second kappa shape index (κ2) is 10.0. The first-order chi connectivity index (χ1) is 14.3. The molecule has 9 heteroatoms. The molecular formula is C21H24Cl2N2O4S. The van der Waals surface area contributed by atoms with Crippen molar-refractivity contribution in [1.82, 2.24) is 9.62 Å². The number of piperidine rings is 1. The van der Waals surface area contributed by atoms with Crippen molar-refractivity contribution < 1.29 is 17.9 Å². The summed E-state index contributed by atoms with van der Waals surface area (Å²) in [7, 11) is -2.21. The van der Waals surface area contributed by atoms with Crippen molar-refractivity contribution in [2.24, 2.45) is 5.92 Å². The summed E-state index contributed by atoms with van der Waals surface area (Å²) in [6, 6.07) is 12.0. The Kier molecular flexibility index (Phi) is 7.63. The molecule has 2 aromatic carbocycles. The summed E-state index contributed by atoms with van der Waals surface area (Å²) >= 11 is 12.0. The van der Waals surface area contributed by atoms with E-state index < -0.39 is 15.9 Å². The first-order valence-corrected chi connectivity index (χ1v) is 11.9. The molecule has 1 heterocycles. The van der Waals surface area contributed by atoms with Crippen molar-refractivity contribution >= 4 is 39.1 Å². The van der Waals surface area contributed by atoms with E-state index in [4.69, 9.17) is 27.9 Å². The second-order valence-electron chi connectivity index (χ2n) is 7.17. The molecule has 3 rings (SSSR count). The number of sulfonamides is 1. The van der Waals surface area contributed by atoms with Crippen LogP contribution in [0, 0.1) is 5.92 Å². The Labute approximate surface area is 187 Å². The molecule has 1 saturated heterocycles. The minimum Gasteiger partial charge on any atom is -0.497 e. The van der Waals surface area contributed by atoms with E-state index in [9.17, 15) is 13.2 Å². The van der Waals surface area contributed by atoms with E-state index in [0.29, 0.717) is 37.4 Å². The van der Waals surface area contributed by atoms with Crippen LogP contribution in [-0.4, -0.2) is 45.4 Å². The fourth-order valence-corrected chi connectivity index (χ4v) is 5.72. The number of halogens is 2. The molecule has 1 N–H and O–H groups in total. The number of hydrogen-bond acceptors (Lipinski definition) is 4. The number of nitrogens with one attached hydrogen (secondary N) is 1. The Balaban J connectivity index is 1.59. The third-order valence-corrected chi connectivity index (χ3v) is 7.72. The number of rotatable bonds is 7. The van der Waals surface area contributed by atoms with Gasteiger partial charge in [-0.1, -0.05) is 35.3 Å². The van der Waals surface area contributed by atoms with E-state index in [-0.39, 0.29) is 22.4 Å². The molecule has 162 valence electrons. The fraction of sp³-hybridized carbons (Fsp3) is 0.381. The van der Waals surface area contributed by atoms with Gasteiger partial charge in [-0.3, -0.25) is 4.79 Å². The summed E-state index contributed by atoms with van der Waals surface area (Å²) in [5, 5.41) is 3.33. The highest BCUT2D eigenvalue weighted by atomic mass is 35.5. The van der Waals surface area contributed by atoms with E-state index in [1.807, 2.05) is 24.3 Å². The molecule has 0 spiro atoms. The van der Waals surface area contributed by atoms with Gasteiger partial charge in [0.1, 0.15) is 10.6 Å². The highest BCUT2D eigenvalue weighted by molar-refractivity contribution is 7.89. The van der Waals surface area contributed by atoms with Crippen LogP contribution in [0.3, 0.4) is 0 Å². The summed E-state index contributed by atoms with van der Waals surface area (Å²) in [5.74, 6) is 0.244. The molecule has 30 heavy (non-hydrogen) atoms. The molecule has 0 bridgehead atoms. The number of carbonyl (C=O) groups is 1. The van der Waals surface area contributed by atoms with Gasteiger partial charge in [0.15, 0.2) is 0 Å². The number of carbonyl (C=O) groups excluding carboxylic acids is 1. The molecular weight excluding hydrogens is 447 g/mol. The molecule has 6 nitrogen and oxygen atoms in total. The molecule has 0 aliphatic carbocycles. The lowest BCUT2D eigenvalue weighted by Gasteiger charge is -2.31. The lowest BCUT2D eigenvalue weighted by Crippen LogP contribution is -2.45. The van der Waals surface area contributed by atoms with Gasteiger partial charge < -0.3 is 10.1 Å². The predicted octanol–water partition coefficient (Wildman–Crippen LogP) is 3.76. The quantitative estimate of drug-likeness (QED) is 0.668. The van der Waals surface area contributed by atoms with Crippen LogP contribution in [0.1, 0.15) is 18.4 Å². The van der Waals surface area contributed by atoms with Gasteiger partial charge in [0.25, 0.3) is 0 Å². The van der Waals surface area contributed by atoms with Crippen LogP contribution in [0.2, 0.25) is 10.0 Å². The molecule has 2 aromatic rings. The molecule has 0 aromatic heterocycles. The van der Waals surface area contributed by atoms with E-state index in [1.165, 1.54) is 22.5 Å². The molecule has 1 amide bonds. The number of nitrogens with zero attached hydrogens (tertiary/aromatic N) is 1. The van der Waals surface area contributed by atoms with E-state index in [0.717, 1.165) is 11.3 Å². The van der Waals surface area contributed by atoms with Gasteiger partial charge in [-0.15, -0.1) is 0 Å². The average molecular weight is 471 g/mol. The van der Waals surface area contributed by atoms with E-state index in [1.54, 1.807) is 7.11 Å². The van der Waals surface area contributed by atoms with Crippen molar-refractivity contribution in [2.75, 3.05) is 26.7 Å². The first-order valence-electron chi connectivity index (χ1n) is 9.67. The van der Waals surface area contributed by atoms with E-state index in [2.05, 4.69) is 5.32 Å². The molecule has 0 saturated carbocycles. The minimum atomic E-state index is -3.83. The van der Waals surface area contributed by atoms with Crippen LogP contribution in [-0.2, 0) is 21.2 Å². The van der Waals surface area contributed by atoms with Gasteiger partial charge in [-0.25, -0.2) is 8.42 Å². The van der Waals surface area contributed by atoms with Gasteiger partial charge in [-0.2, -0.15) is 4.31 Å². The number of methoxy groups -OCH3 is 1. The van der Waals surface area contributed by atoms with Crippen LogP contribution < -0.4 is 10.1 Å². The smallest absolute Gasteiger partial charge is 0.244 e. The highest BCUT2D eigenvalue weighted by Gasteiger charge is 2.34. The molecule has 1 aliphatic heterocycles. The Bertz CT molecular complexity index is 997. The van der Waals surface area contributed by atoms with Crippen LogP contribution in [0.15, 0.2) is 47.4 Å². The van der Waals surface area contributed by atoms with Gasteiger partial charge in [0.2, 0.25) is 15.9 Å². The van der Waals surface area contributed by atoms with Crippen molar-refractivity contribution in [3.8, 4) is 5.75 Å². The SMILES string of the molecule is COc1ccc(CCNC(=O)[C@H]2CCCN(S(=O)(=O)c3cc(Cl)ccc3Cl)C2)cc1. The zero-order valence-corrected chi connectivity index (χ0v) is 18.9. The summed E-state index contributed by atoms with van der Waals surface area (Å²) < 4.78 is 32.5. The number of hydrogen-bond donors (Lipinski definition) is 1. The Morgan fingerprint density at radius 2 is 1.93 bits per heavy atom. The number of ether oxygens (including phenoxy) is 1. The van der Waals surface area contributed by atoms with Gasteiger partial charge in [0.05, 0.1) is 18.1 Å². The maximum atomic E-state index is 13.0. The lowest BCUT2D eigenvalue weighted by molar-refractivity contribution is -0.126. The monoisotopic (exact) mass is 470 g/mol. The van der Waals surface area contributed by atoms with Crippen molar-refractivity contribution in [1.29, 1.82) is 0 Å².